The van der Waals surface area contributed by atoms with Crippen molar-refractivity contribution in [2.45, 2.75) is 26.8 Å². The van der Waals surface area contributed by atoms with Gasteiger partial charge >= 0.3 is 5.97 Å². The number of nitrogens with zero attached hydrogens (tertiary/aromatic N) is 3. The molecule has 0 aliphatic heterocycles. The number of benzene rings is 1. The number of para-hydroxylation sites is 2. The fourth-order valence-electron chi connectivity index (χ4n) is 2.75. The van der Waals surface area contributed by atoms with Gasteiger partial charge in [-0.2, -0.15) is 5.10 Å². The zero-order chi connectivity index (χ0) is 19.4. The second-order valence-corrected chi connectivity index (χ2v) is 7.35. The van der Waals surface area contributed by atoms with Crippen molar-refractivity contribution in [3.8, 4) is 11.5 Å². The molecule has 0 aliphatic carbocycles. The van der Waals surface area contributed by atoms with Gasteiger partial charge in [-0.15, -0.1) is 0 Å². The zero-order valence-corrected chi connectivity index (χ0v) is 15.9. The van der Waals surface area contributed by atoms with Crippen molar-refractivity contribution >= 4 is 28.1 Å². The van der Waals surface area contributed by atoms with E-state index in [1.54, 1.807) is 30.9 Å². The molecule has 2 aromatic heterocycles. The Morgan fingerprint density at radius 1 is 1.41 bits per heavy atom. The number of carbonyl (C=O) groups is 1. The van der Waals surface area contributed by atoms with Crippen LogP contribution in [0.15, 0.2) is 41.1 Å². The van der Waals surface area contributed by atoms with Crippen LogP contribution in [0.3, 0.4) is 0 Å². The lowest BCUT2D eigenvalue weighted by Crippen LogP contribution is -2.36. The zero-order valence-electron chi connectivity index (χ0n) is 15.1. The third-order valence-corrected chi connectivity index (χ3v) is 5.14. The molecule has 3 rings (SSSR count). The number of fused-ring (bicyclic) bond motifs is 1. The van der Waals surface area contributed by atoms with Gasteiger partial charge in [-0.3, -0.25) is 13.7 Å². The van der Waals surface area contributed by atoms with Gasteiger partial charge in [0.05, 0.1) is 23.8 Å². The van der Waals surface area contributed by atoms with E-state index in [0.29, 0.717) is 23.6 Å². The molecule has 2 unspecified atom stereocenters. The molecule has 0 radical (unpaired) electrons. The van der Waals surface area contributed by atoms with E-state index in [4.69, 9.17) is 9.15 Å². The summed E-state index contributed by atoms with van der Waals surface area (Å²) >= 11 is -2.36. The van der Waals surface area contributed by atoms with Gasteiger partial charge in [0.1, 0.15) is 5.52 Å². The van der Waals surface area contributed by atoms with Crippen molar-refractivity contribution < 1.29 is 22.7 Å². The van der Waals surface area contributed by atoms with E-state index in [1.807, 2.05) is 24.3 Å². The first kappa shape index (κ1) is 19.2. The SMILES string of the molecule is CCOC(=O)C(C)(CCn1cc(-c2nc3ccccc3o2)cn1)CS(=O)[O-]. The fraction of sp³-hybridized carbons (Fsp3) is 0.389. The Kier molecular flexibility index (Phi) is 5.71. The minimum Gasteiger partial charge on any atom is -0.772 e. The van der Waals surface area contributed by atoms with E-state index in [9.17, 15) is 13.6 Å². The van der Waals surface area contributed by atoms with Gasteiger partial charge in [-0.25, -0.2) is 4.98 Å². The molecule has 2 heterocycles. The van der Waals surface area contributed by atoms with E-state index < -0.39 is 22.5 Å². The second-order valence-electron chi connectivity index (χ2n) is 6.46. The maximum absolute atomic E-state index is 12.2. The van der Waals surface area contributed by atoms with Crippen molar-refractivity contribution in [1.29, 1.82) is 0 Å². The Labute approximate surface area is 158 Å². The quantitative estimate of drug-likeness (QED) is 0.429. The number of carbonyl (C=O) groups excluding carboxylic acids is 1. The van der Waals surface area contributed by atoms with Crippen LogP contribution in [0.4, 0.5) is 0 Å². The molecule has 0 bridgehead atoms. The van der Waals surface area contributed by atoms with Crippen LogP contribution in [0.2, 0.25) is 0 Å². The molecule has 1 aromatic carbocycles. The first-order valence-electron chi connectivity index (χ1n) is 8.53. The monoisotopic (exact) mass is 390 g/mol. The lowest BCUT2D eigenvalue weighted by molar-refractivity contribution is -0.153. The van der Waals surface area contributed by atoms with Crippen LogP contribution in [-0.4, -0.2) is 41.9 Å². The van der Waals surface area contributed by atoms with E-state index in [2.05, 4.69) is 10.1 Å². The Morgan fingerprint density at radius 2 is 2.19 bits per heavy atom. The largest absolute Gasteiger partial charge is 0.772 e. The highest BCUT2D eigenvalue weighted by molar-refractivity contribution is 7.79. The molecule has 0 amide bonds. The minimum absolute atomic E-state index is 0.198. The standard InChI is InChI=1S/C18H21N3O5S/c1-3-25-17(22)18(2,12-27(23)24)8-9-21-11-13(10-19-21)16-20-14-6-4-5-7-15(14)26-16/h4-7,10-11H,3,8-9,12H2,1-2H3,(H,23,24)/p-1. The van der Waals surface area contributed by atoms with Gasteiger partial charge in [0.15, 0.2) is 5.58 Å². The number of esters is 1. The summed E-state index contributed by atoms with van der Waals surface area (Å²) in [5, 5.41) is 4.26. The Balaban J connectivity index is 1.74. The van der Waals surface area contributed by atoms with Crippen LogP contribution in [0, 0.1) is 5.41 Å². The van der Waals surface area contributed by atoms with Gasteiger partial charge in [-0.1, -0.05) is 23.2 Å². The van der Waals surface area contributed by atoms with E-state index in [1.165, 1.54) is 0 Å². The highest BCUT2D eigenvalue weighted by atomic mass is 32.2. The molecular weight excluding hydrogens is 370 g/mol. The highest BCUT2D eigenvalue weighted by Gasteiger charge is 2.35. The van der Waals surface area contributed by atoms with E-state index in [0.717, 1.165) is 5.52 Å². The summed E-state index contributed by atoms with van der Waals surface area (Å²) in [6.07, 6.45) is 3.65. The van der Waals surface area contributed by atoms with Gasteiger partial charge in [-0.05, 0) is 32.4 Å². The van der Waals surface area contributed by atoms with Crippen molar-refractivity contribution in [2.75, 3.05) is 12.4 Å². The van der Waals surface area contributed by atoms with Crippen LogP contribution in [0.25, 0.3) is 22.6 Å². The topological polar surface area (TPSA) is 110 Å². The Bertz CT molecular complexity index is 934. The molecule has 8 nitrogen and oxygen atoms in total. The first-order chi connectivity index (χ1) is 12.9. The second kappa shape index (κ2) is 8.01. The number of aryl methyl sites for hydroxylation is 1. The molecule has 0 saturated carbocycles. The molecule has 0 spiro atoms. The summed E-state index contributed by atoms with van der Waals surface area (Å²) in [4.78, 5) is 16.6. The molecule has 0 saturated heterocycles. The molecule has 9 heteroatoms. The molecule has 2 atom stereocenters. The molecule has 27 heavy (non-hydrogen) atoms. The van der Waals surface area contributed by atoms with Gasteiger partial charge in [0, 0.05) is 18.5 Å². The Morgan fingerprint density at radius 3 is 2.89 bits per heavy atom. The number of rotatable bonds is 8. The van der Waals surface area contributed by atoms with Crippen molar-refractivity contribution in [3.63, 3.8) is 0 Å². The van der Waals surface area contributed by atoms with E-state index >= 15 is 0 Å². The molecular formula is C18H20N3O5S-. The molecule has 144 valence electrons. The van der Waals surface area contributed by atoms with Crippen molar-refractivity contribution in [1.82, 2.24) is 14.8 Å². The third-order valence-electron chi connectivity index (χ3n) is 4.27. The lowest BCUT2D eigenvalue weighted by Gasteiger charge is -2.28. The summed E-state index contributed by atoms with van der Waals surface area (Å²) < 4.78 is 34.7. The predicted octanol–water partition coefficient (Wildman–Crippen LogP) is 2.53. The van der Waals surface area contributed by atoms with Crippen molar-refractivity contribution in [3.05, 3.63) is 36.7 Å². The predicted molar refractivity (Wildman–Crippen MR) is 98.4 cm³/mol. The maximum Gasteiger partial charge on any atom is 0.312 e. The number of oxazole rings is 1. The smallest absolute Gasteiger partial charge is 0.312 e. The summed E-state index contributed by atoms with van der Waals surface area (Å²) in [6.45, 7) is 3.83. The maximum atomic E-state index is 12.2. The van der Waals surface area contributed by atoms with E-state index in [-0.39, 0.29) is 18.8 Å². The summed E-state index contributed by atoms with van der Waals surface area (Å²) in [6, 6.07) is 7.45. The molecule has 0 aliphatic rings. The van der Waals surface area contributed by atoms with Crippen LogP contribution in [0.1, 0.15) is 20.3 Å². The highest BCUT2D eigenvalue weighted by Crippen LogP contribution is 2.27. The molecule has 0 fully saturated rings. The number of hydrogen-bond donors (Lipinski definition) is 0. The summed E-state index contributed by atoms with van der Waals surface area (Å²) in [7, 11) is 0. The fourth-order valence-corrected chi connectivity index (χ4v) is 3.53. The Hall–Kier alpha value is -2.52. The van der Waals surface area contributed by atoms with Crippen LogP contribution in [-0.2, 0) is 27.2 Å². The first-order valence-corrected chi connectivity index (χ1v) is 9.77. The van der Waals surface area contributed by atoms with Gasteiger partial charge in [0.2, 0.25) is 5.89 Å². The van der Waals surface area contributed by atoms with Gasteiger partial charge < -0.3 is 13.7 Å². The van der Waals surface area contributed by atoms with Gasteiger partial charge in [0.25, 0.3) is 0 Å². The average molecular weight is 390 g/mol. The minimum atomic E-state index is -2.36. The number of hydrogen-bond acceptors (Lipinski definition) is 7. The van der Waals surface area contributed by atoms with Crippen LogP contribution < -0.4 is 0 Å². The number of ether oxygens (including phenoxy) is 1. The van der Waals surface area contributed by atoms with Crippen molar-refractivity contribution in [2.24, 2.45) is 5.41 Å². The average Bonchev–Trinajstić information content (AvgIpc) is 3.26. The normalized spacial score (nSPS) is 14.8. The lowest BCUT2D eigenvalue weighted by atomic mass is 9.89. The molecule has 3 aromatic rings. The summed E-state index contributed by atoms with van der Waals surface area (Å²) in [5.74, 6) is -0.373. The van der Waals surface area contributed by atoms with Crippen LogP contribution >= 0.6 is 0 Å². The molecule has 0 N–H and O–H groups in total. The number of aromatic nitrogens is 3. The summed E-state index contributed by atoms with van der Waals surface area (Å²) in [5.41, 5.74) is 1.02. The van der Waals surface area contributed by atoms with Crippen LogP contribution in [0.5, 0.6) is 0 Å². The third kappa shape index (κ3) is 4.42.